The van der Waals surface area contributed by atoms with Crippen LogP contribution < -0.4 is 5.56 Å². The van der Waals surface area contributed by atoms with Crippen molar-refractivity contribution in [2.45, 2.75) is 0 Å². The van der Waals surface area contributed by atoms with Gasteiger partial charge in [0, 0.05) is 12.3 Å². The number of rotatable bonds is 1. The Morgan fingerprint density at radius 3 is 3.00 bits per heavy atom. The summed E-state index contributed by atoms with van der Waals surface area (Å²) in [5.74, 6) is -1.31. The van der Waals surface area contributed by atoms with Crippen LogP contribution in [0.5, 0.6) is 0 Å². The number of nitrogens with one attached hydrogen (secondary N) is 1. The Balaban J connectivity index is 2.90. The van der Waals surface area contributed by atoms with Crippen LogP contribution in [0.25, 0.3) is 5.65 Å². The molecular weight excluding hydrogens is 200 g/mol. The highest BCUT2D eigenvalue weighted by Crippen LogP contribution is 2.04. The van der Waals surface area contributed by atoms with Gasteiger partial charge in [0.05, 0.1) is 0 Å². The van der Waals surface area contributed by atoms with Gasteiger partial charge >= 0.3 is 5.97 Å². The third-order valence-corrected chi connectivity index (χ3v) is 1.84. The highest BCUT2D eigenvalue weighted by molar-refractivity contribution is 5.86. The van der Waals surface area contributed by atoms with Crippen LogP contribution in [-0.2, 0) is 0 Å². The molecule has 7 heteroatoms. The second-order valence-electron chi connectivity index (χ2n) is 2.74. The maximum absolute atomic E-state index is 11.4. The molecule has 2 N–H and O–H groups in total. The minimum atomic E-state index is -1.31. The first-order chi connectivity index (χ1) is 7.13. The van der Waals surface area contributed by atoms with E-state index in [-0.39, 0.29) is 16.9 Å². The van der Waals surface area contributed by atoms with E-state index in [0.29, 0.717) is 0 Å². The highest BCUT2D eigenvalue weighted by atomic mass is 16.4. The zero-order valence-electron chi connectivity index (χ0n) is 7.26. The molecule has 2 heterocycles. The van der Waals surface area contributed by atoms with E-state index in [2.05, 4.69) is 10.1 Å². The molecule has 0 aliphatic rings. The van der Waals surface area contributed by atoms with Gasteiger partial charge < -0.3 is 5.11 Å². The lowest BCUT2D eigenvalue weighted by Crippen LogP contribution is -2.17. The maximum atomic E-state index is 11.4. The van der Waals surface area contributed by atoms with Crippen LogP contribution in [0.15, 0.2) is 17.1 Å². The molecule has 2 aromatic rings. The Bertz CT molecular complexity index is 646. The van der Waals surface area contributed by atoms with Gasteiger partial charge in [-0.05, 0) is 0 Å². The summed E-state index contributed by atoms with van der Waals surface area (Å²) in [5.41, 5.74) is -0.812. The Kier molecular flexibility index (Phi) is 1.76. The zero-order chi connectivity index (χ0) is 11.0. The summed E-state index contributed by atoms with van der Waals surface area (Å²) >= 11 is 0. The molecule has 15 heavy (non-hydrogen) atoms. The first-order valence-electron chi connectivity index (χ1n) is 3.88. The second kappa shape index (κ2) is 2.95. The molecule has 0 bridgehead atoms. The highest BCUT2D eigenvalue weighted by Gasteiger charge is 2.12. The van der Waals surface area contributed by atoms with E-state index < -0.39 is 11.5 Å². The van der Waals surface area contributed by atoms with Crippen LogP contribution in [0.3, 0.4) is 0 Å². The van der Waals surface area contributed by atoms with Gasteiger partial charge in [0.25, 0.3) is 5.56 Å². The van der Waals surface area contributed by atoms with Gasteiger partial charge in [-0.2, -0.15) is 5.26 Å². The van der Waals surface area contributed by atoms with Crippen molar-refractivity contribution in [3.05, 3.63) is 33.9 Å². The Labute approximate surface area is 82.2 Å². The number of nitrogens with zero attached hydrogens (tertiary/aromatic N) is 3. The van der Waals surface area contributed by atoms with Gasteiger partial charge in [-0.3, -0.25) is 9.89 Å². The second-order valence-corrected chi connectivity index (χ2v) is 2.74. The number of aromatic carboxylic acids is 1. The Hall–Kier alpha value is -2.62. The van der Waals surface area contributed by atoms with E-state index in [0.717, 1.165) is 10.6 Å². The maximum Gasteiger partial charge on any atom is 0.354 e. The number of fused-ring (bicyclic) bond motifs is 1. The molecule has 7 nitrogen and oxygen atoms in total. The molecule has 0 aromatic carbocycles. The van der Waals surface area contributed by atoms with Crippen LogP contribution >= 0.6 is 0 Å². The molecule has 0 unspecified atom stereocenters. The predicted octanol–water partition coefficient (Wildman–Crippen LogP) is -0.408. The van der Waals surface area contributed by atoms with E-state index in [1.165, 1.54) is 6.20 Å². The van der Waals surface area contributed by atoms with Crippen LogP contribution in [0.2, 0.25) is 0 Å². The number of aromatic amines is 1. The topological polar surface area (TPSA) is 111 Å². The summed E-state index contributed by atoms with van der Waals surface area (Å²) in [4.78, 5) is 25.6. The molecule has 0 atom stereocenters. The van der Waals surface area contributed by atoms with E-state index >= 15 is 0 Å². The summed E-state index contributed by atoms with van der Waals surface area (Å²) in [7, 11) is 0. The van der Waals surface area contributed by atoms with Crippen LogP contribution in [0.1, 0.15) is 16.1 Å². The predicted molar refractivity (Wildman–Crippen MR) is 47.5 cm³/mol. The standard InChI is InChI=1S/C8H4N4O3/c9-2-4-3-10-12-6(13)1-5(8(14)15)11-7(4)12/h1,3,10H,(H,14,15). The molecule has 74 valence electrons. The van der Waals surface area contributed by atoms with Gasteiger partial charge in [0.15, 0.2) is 11.3 Å². The molecule has 0 saturated carbocycles. The molecule has 0 saturated heterocycles. The molecule has 0 aliphatic carbocycles. The molecule has 2 rings (SSSR count). The quantitative estimate of drug-likeness (QED) is 0.655. The normalized spacial score (nSPS) is 10.1. The van der Waals surface area contributed by atoms with E-state index in [1.54, 1.807) is 6.07 Å². The van der Waals surface area contributed by atoms with Crippen molar-refractivity contribution < 1.29 is 9.90 Å². The number of hydrogen-bond donors (Lipinski definition) is 2. The van der Waals surface area contributed by atoms with E-state index in [4.69, 9.17) is 10.4 Å². The van der Waals surface area contributed by atoms with Crippen LogP contribution in [-0.4, -0.2) is 25.7 Å². The Morgan fingerprint density at radius 2 is 2.40 bits per heavy atom. The largest absolute Gasteiger partial charge is 0.477 e. The molecule has 0 amide bonds. The summed E-state index contributed by atoms with van der Waals surface area (Å²) in [5, 5.41) is 19.8. The SMILES string of the molecule is N#Cc1c[nH]n2c(=O)cc(C(=O)O)nc12. The smallest absolute Gasteiger partial charge is 0.354 e. The van der Waals surface area contributed by atoms with Crippen molar-refractivity contribution in [3.8, 4) is 6.07 Å². The van der Waals surface area contributed by atoms with Crippen molar-refractivity contribution in [1.82, 2.24) is 14.6 Å². The van der Waals surface area contributed by atoms with Crippen molar-refractivity contribution >= 4 is 11.6 Å². The molecule has 0 spiro atoms. The third kappa shape index (κ3) is 1.24. The number of carbonyl (C=O) groups is 1. The fourth-order valence-corrected chi connectivity index (χ4v) is 1.17. The number of carboxylic acid groups (broad SMARTS) is 1. The van der Waals surface area contributed by atoms with Gasteiger partial charge in [0.2, 0.25) is 0 Å². The fourth-order valence-electron chi connectivity index (χ4n) is 1.17. The average Bonchev–Trinajstić information content (AvgIpc) is 2.60. The van der Waals surface area contributed by atoms with E-state index in [9.17, 15) is 9.59 Å². The molecular formula is C8H4N4O3. The number of H-pyrrole nitrogens is 1. The lowest BCUT2D eigenvalue weighted by Gasteiger charge is -1.94. The lowest BCUT2D eigenvalue weighted by atomic mass is 10.3. The first-order valence-corrected chi connectivity index (χ1v) is 3.88. The molecule has 2 aromatic heterocycles. The summed E-state index contributed by atoms with van der Waals surface area (Å²) in [6.45, 7) is 0. The number of carboxylic acids is 1. The Morgan fingerprint density at radius 1 is 1.67 bits per heavy atom. The van der Waals surface area contributed by atoms with Crippen molar-refractivity contribution in [1.29, 1.82) is 5.26 Å². The summed E-state index contributed by atoms with van der Waals surface area (Å²) in [6, 6.07) is 2.68. The minimum Gasteiger partial charge on any atom is -0.477 e. The van der Waals surface area contributed by atoms with Crippen molar-refractivity contribution in [2.75, 3.05) is 0 Å². The summed E-state index contributed by atoms with van der Waals surface area (Å²) < 4.78 is 1.00. The van der Waals surface area contributed by atoms with E-state index in [1.807, 2.05) is 0 Å². The van der Waals surface area contributed by atoms with Gasteiger partial charge in [0.1, 0.15) is 11.6 Å². The van der Waals surface area contributed by atoms with Crippen LogP contribution in [0.4, 0.5) is 0 Å². The number of aromatic nitrogens is 3. The van der Waals surface area contributed by atoms with Crippen molar-refractivity contribution in [3.63, 3.8) is 0 Å². The third-order valence-electron chi connectivity index (χ3n) is 1.84. The monoisotopic (exact) mass is 204 g/mol. The van der Waals surface area contributed by atoms with Gasteiger partial charge in [-0.25, -0.2) is 14.3 Å². The molecule has 0 aliphatic heterocycles. The van der Waals surface area contributed by atoms with Crippen LogP contribution in [0, 0.1) is 11.3 Å². The molecule has 0 radical (unpaired) electrons. The number of hydrogen-bond acceptors (Lipinski definition) is 4. The summed E-state index contributed by atoms with van der Waals surface area (Å²) in [6.07, 6.45) is 1.29. The van der Waals surface area contributed by atoms with Crippen molar-refractivity contribution in [2.24, 2.45) is 0 Å². The lowest BCUT2D eigenvalue weighted by molar-refractivity contribution is 0.0690. The van der Waals surface area contributed by atoms with Gasteiger partial charge in [-0.1, -0.05) is 0 Å². The number of nitriles is 1. The average molecular weight is 204 g/mol. The minimum absolute atomic E-state index is 0.0161. The van der Waals surface area contributed by atoms with Gasteiger partial charge in [-0.15, -0.1) is 0 Å². The molecule has 0 fully saturated rings. The first kappa shape index (κ1) is 8.96. The fraction of sp³-hybridized carbons (Fsp3) is 0. The zero-order valence-corrected chi connectivity index (χ0v) is 7.26.